The number of likely N-dealkylation sites (tertiary alicyclic amines) is 1. The van der Waals surface area contributed by atoms with Crippen LogP contribution in [0.5, 0.6) is 0 Å². The number of nitrogens with zero attached hydrogens (tertiary/aromatic N) is 1. The lowest BCUT2D eigenvalue weighted by atomic mass is 9.86. The first-order valence-corrected chi connectivity index (χ1v) is 6.96. The number of halogens is 2. The highest BCUT2D eigenvalue weighted by Gasteiger charge is 2.34. The van der Waals surface area contributed by atoms with Gasteiger partial charge >= 0.3 is 0 Å². The lowest BCUT2D eigenvalue weighted by molar-refractivity contribution is 0.0172. The van der Waals surface area contributed by atoms with Gasteiger partial charge in [0.05, 0.1) is 5.60 Å². The van der Waals surface area contributed by atoms with Gasteiger partial charge < -0.3 is 10.0 Å². The molecule has 0 aliphatic carbocycles. The second-order valence-electron chi connectivity index (χ2n) is 5.33. The third-order valence-corrected chi connectivity index (χ3v) is 3.90. The maximum absolute atomic E-state index is 13.9. The van der Waals surface area contributed by atoms with Crippen LogP contribution < -0.4 is 0 Å². The van der Waals surface area contributed by atoms with Crippen LogP contribution in [0.15, 0.2) is 18.2 Å². The van der Waals surface area contributed by atoms with E-state index in [0.717, 1.165) is 38.5 Å². The molecule has 1 aliphatic heterocycles. The van der Waals surface area contributed by atoms with Crippen LogP contribution >= 0.6 is 0 Å². The van der Waals surface area contributed by atoms with E-state index in [2.05, 4.69) is 11.8 Å². The summed E-state index contributed by atoms with van der Waals surface area (Å²) in [6.45, 7) is 4.73. The second-order valence-corrected chi connectivity index (χ2v) is 5.33. The summed E-state index contributed by atoms with van der Waals surface area (Å²) in [4.78, 5) is 2.27. The molecule has 1 aliphatic rings. The molecule has 1 atom stereocenters. The molecule has 1 aromatic carbocycles. The van der Waals surface area contributed by atoms with E-state index >= 15 is 0 Å². The van der Waals surface area contributed by atoms with Gasteiger partial charge in [-0.2, -0.15) is 0 Å². The van der Waals surface area contributed by atoms with Crippen LogP contribution in [0.3, 0.4) is 0 Å². The number of hydrogen-bond donors (Lipinski definition) is 1. The van der Waals surface area contributed by atoms with Crippen molar-refractivity contribution in [1.82, 2.24) is 4.90 Å². The summed E-state index contributed by atoms with van der Waals surface area (Å²) >= 11 is 0. The average Bonchev–Trinajstić information content (AvgIpc) is 2.57. The van der Waals surface area contributed by atoms with Crippen LogP contribution in [0.1, 0.15) is 38.2 Å². The van der Waals surface area contributed by atoms with Gasteiger partial charge in [0.15, 0.2) is 11.6 Å². The molecule has 1 unspecified atom stereocenters. The van der Waals surface area contributed by atoms with Crippen LogP contribution in [0, 0.1) is 11.6 Å². The van der Waals surface area contributed by atoms with E-state index in [1.54, 1.807) is 0 Å². The van der Waals surface area contributed by atoms with Crippen molar-refractivity contribution in [2.24, 2.45) is 0 Å². The van der Waals surface area contributed by atoms with Crippen molar-refractivity contribution in [3.63, 3.8) is 0 Å². The lowest BCUT2D eigenvalue weighted by Gasteiger charge is -2.28. The fourth-order valence-corrected chi connectivity index (χ4v) is 2.85. The Morgan fingerprint density at radius 2 is 2.05 bits per heavy atom. The lowest BCUT2D eigenvalue weighted by Crippen LogP contribution is -2.30. The Morgan fingerprint density at radius 1 is 1.26 bits per heavy atom. The van der Waals surface area contributed by atoms with Crippen LogP contribution in [0.2, 0.25) is 0 Å². The summed E-state index contributed by atoms with van der Waals surface area (Å²) in [5.74, 6) is -1.80. The molecule has 0 spiro atoms. The molecule has 1 heterocycles. The molecule has 106 valence electrons. The Balaban J connectivity index is 2.20. The summed E-state index contributed by atoms with van der Waals surface area (Å²) in [6.07, 6.45) is 2.79. The van der Waals surface area contributed by atoms with E-state index in [0.29, 0.717) is 12.8 Å². The molecule has 1 N–H and O–H groups in total. The maximum Gasteiger partial charge on any atom is 0.164 e. The SMILES string of the molecule is CCCN1CCCC(O)(c2cccc(F)c2F)CC1. The maximum atomic E-state index is 13.9. The van der Waals surface area contributed by atoms with Crippen molar-refractivity contribution < 1.29 is 13.9 Å². The van der Waals surface area contributed by atoms with Crippen molar-refractivity contribution in [3.05, 3.63) is 35.4 Å². The minimum absolute atomic E-state index is 0.103. The summed E-state index contributed by atoms with van der Waals surface area (Å²) in [6, 6.07) is 4.04. The predicted molar refractivity (Wildman–Crippen MR) is 70.8 cm³/mol. The standard InChI is InChI=1S/C15H21F2NO/c1-2-9-18-10-4-7-15(19,8-11-18)12-5-3-6-13(16)14(12)17/h3,5-6,19H,2,4,7-11H2,1H3. The zero-order valence-electron chi connectivity index (χ0n) is 11.3. The highest BCUT2D eigenvalue weighted by molar-refractivity contribution is 5.25. The summed E-state index contributed by atoms with van der Waals surface area (Å²) in [5, 5.41) is 10.7. The first-order valence-electron chi connectivity index (χ1n) is 6.96. The number of benzene rings is 1. The van der Waals surface area contributed by atoms with Crippen LogP contribution in [0.4, 0.5) is 8.78 Å². The highest BCUT2D eigenvalue weighted by atomic mass is 19.2. The Morgan fingerprint density at radius 3 is 2.79 bits per heavy atom. The zero-order valence-corrected chi connectivity index (χ0v) is 11.3. The predicted octanol–water partition coefficient (Wildman–Crippen LogP) is 3.05. The Kier molecular flexibility index (Phi) is 4.53. The monoisotopic (exact) mass is 269 g/mol. The molecule has 0 amide bonds. The average molecular weight is 269 g/mol. The third kappa shape index (κ3) is 3.12. The van der Waals surface area contributed by atoms with Crippen molar-refractivity contribution in [1.29, 1.82) is 0 Å². The number of hydrogen-bond acceptors (Lipinski definition) is 2. The number of rotatable bonds is 3. The van der Waals surface area contributed by atoms with Crippen molar-refractivity contribution in [2.75, 3.05) is 19.6 Å². The van der Waals surface area contributed by atoms with Crippen molar-refractivity contribution >= 4 is 0 Å². The molecule has 2 rings (SSSR count). The molecule has 0 aromatic heterocycles. The first-order chi connectivity index (χ1) is 9.07. The van der Waals surface area contributed by atoms with E-state index in [1.807, 2.05) is 0 Å². The molecule has 0 bridgehead atoms. The van der Waals surface area contributed by atoms with Crippen LogP contribution in [-0.2, 0) is 5.60 Å². The van der Waals surface area contributed by atoms with Crippen molar-refractivity contribution in [2.45, 2.75) is 38.2 Å². The largest absolute Gasteiger partial charge is 0.385 e. The van der Waals surface area contributed by atoms with Gasteiger partial charge in [0, 0.05) is 12.1 Å². The quantitative estimate of drug-likeness (QED) is 0.911. The summed E-state index contributed by atoms with van der Waals surface area (Å²) in [5.41, 5.74) is -1.14. The molecule has 1 aromatic rings. The van der Waals surface area contributed by atoms with Crippen LogP contribution in [0.25, 0.3) is 0 Å². The van der Waals surface area contributed by atoms with Gasteiger partial charge in [-0.15, -0.1) is 0 Å². The van der Waals surface area contributed by atoms with E-state index < -0.39 is 17.2 Å². The minimum atomic E-state index is -1.24. The molecule has 0 radical (unpaired) electrons. The summed E-state index contributed by atoms with van der Waals surface area (Å²) in [7, 11) is 0. The fourth-order valence-electron chi connectivity index (χ4n) is 2.85. The number of aliphatic hydroxyl groups is 1. The molecule has 2 nitrogen and oxygen atoms in total. The normalized spacial score (nSPS) is 25.3. The van der Waals surface area contributed by atoms with E-state index in [-0.39, 0.29) is 5.56 Å². The van der Waals surface area contributed by atoms with Gasteiger partial charge in [-0.05, 0) is 44.8 Å². The fraction of sp³-hybridized carbons (Fsp3) is 0.600. The van der Waals surface area contributed by atoms with Gasteiger partial charge in [-0.25, -0.2) is 8.78 Å². The molecular weight excluding hydrogens is 248 g/mol. The molecule has 19 heavy (non-hydrogen) atoms. The summed E-state index contributed by atoms with van der Waals surface area (Å²) < 4.78 is 27.2. The third-order valence-electron chi connectivity index (χ3n) is 3.90. The van der Waals surface area contributed by atoms with E-state index in [9.17, 15) is 13.9 Å². The Labute approximate surface area is 113 Å². The Hall–Kier alpha value is -1.00. The van der Waals surface area contributed by atoms with E-state index in [4.69, 9.17) is 0 Å². The highest BCUT2D eigenvalue weighted by Crippen LogP contribution is 2.34. The van der Waals surface area contributed by atoms with Gasteiger partial charge in [0.2, 0.25) is 0 Å². The molecule has 1 saturated heterocycles. The van der Waals surface area contributed by atoms with Gasteiger partial charge in [-0.1, -0.05) is 19.1 Å². The van der Waals surface area contributed by atoms with Gasteiger partial charge in [0.25, 0.3) is 0 Å². The van der Waals surface area contributed by atoms with E-state index in [1.165, 1.54) is 12.1 Å². The molecule has 0 saturated carbocycles. The molecular formula is C15H21F2NO. The zero-order chi connectivity index (χ0) is 13.9. The van der Waals surface area contributed by atoms with Crippen LogP contribution in [-0.4, -0.2) is 29.6 Å². The molecule has 4 heteroatoms. The Bertz CT molecular complexity index is 438. The van der Waals surface area contributed by atoms with Gasteiger partial charge in [0.1, 0.15) is 0 Å². The minimum Gasteiger partial charge on any atom is -0.385 e. The second kappa shape index (κ2) is 5.97. The topological polar surface area (TPSA) is 23.5 Å². The first kappa shape index (κ1) is 14.4. The smallest absolute Gasteiger partial charge is 0.164 e. The van der Waals surface area contributed by atoms with Crippen molar-refractivity contribution in [3.8, 4) is 0 Å². The van der Waals surface area contributed by atoms with Gasteiger partial charge in [-0.3, -0.25) is 0 Å². The molecule has 1 fully saturated rings.